The van der Waals surface area contributed by atoms with E-state index in [0.29, 0.717) is 18.7 Å². The lowest BCUT2D eigenvalue weighted by Crippen LogP contribution is -2.48. The molecule has 0 amide bonds. The highest BCUT2D eigenvalue weighted by molar-refractivity contribution is 5.55. The fraction of sp³-hybridized carbons (Fsp3) is 0.684. The second kappa shape index (κ2) is 49.1. The van der Waals surface area contributed by atoms with Crippen molar-refractivity contribution in [3.8, 4) is 69.0 Å². The maximum Gasteiger partial charge on any atom is 0.161 e. The van der Waals surface area contributed by atoms with Crippen molar-refractivity contribution >= 4 is 0 Å². The monoisotopic (exact) mass is 2000 g/mol. The van der Waals surface area contributed by atoms with Crippen LogP contribution >= 0.6 is 0 Å². The van der Waals surface area contributed by atoms with Crippen LogP contribution in [0.3, 0.4) is 0 Å². The van der Waals surface area contributed by atoms with Gasteiger partial charge in [-0.15, -0.1) is 0 Å². The van der Waals surface area contributed by atoms with Gasteiger partial charge in [0.2, 0.25) is 0 Å². The molecule has 0 bridgehead atoms. The fourth-order valence-corrected chi connectivity index (χ4v) is 15.2. The molecule has 0 spiro atoms. The molecule has 20 unspecified atom stereocenters. The standard InChI is InChI=1S/6C19H29NO3/c6*1-12(2)7-14-11-20-6-5-13-8-18(22-3)19(23-4)9-15(13)16(20)10-17(14)21/h6*8-9,12,14,16-17,21H,5-7,10-11H2,1-4H3/i4D3,5D2,6D2,8D,9D,10D2,11D2,14D,16D,17D;1D3,4D3,5D2,6D2,7D2,8D,9D,11D2,12D,16D;2*5D2,6D2,8D,9D,10D2,11D2,14D,16D,17D;1D3,5D2,6D2,7D2,8D,9D,11D2,12D,16D;4D3,5D2,6D2,8D,9D,11D2,16D. The van der Waals surface area contributed by atoms with Crippen LogP contribution in [0.25, 0.3) is 0 Å². The predicted octanol–water partition coefficient (Wildman–Crippen LogP) is 18.2. The van der Waals surface area contributed by atoms with Gasteiger partial charge >= 0.3 is 0 Å². The van der Waals surface area contributed by atoms with E-state index in [9.17, 15) is 38.9 Å². The zero-order chi connectivity index (χ0) is 176. The molecule has 0 aliphatic carbocycles. The van der Waals surface area contributed by atoms with Gasteiger partial charge in [-0.25, -0.2) is 0 Å². The van der Waals surface area contributed by atoms with E-state index in [1.54, 1.807) is 13.8 Å². The molecule has 12 heterocycles. The van der Waals surface area contributed by atoms with Crippen molar-refractivity contribution in [1.29, 1.82) is 0 Å². The normalized spacial score (nSPS) is 52.3. The summed E-state index contributed by atoms with van der Waals surface area (Å²) in [5, 5.41) is 67.0. The number of benzene rings is 6. The van der Waals surface area contributed by atoms with Gasteiger partial charge in [0, 0.05) is 192 Å². The Balaban J connectivity index is 0.000000214. The van der Waals surface area contributed by atoms with E-state index in [-0.39, 0.29) is 36.8 Å². The topological polar surface area (TPSA) is 252 Å². The Morgan fingerprint density at radius 3 is 0.725 bits per heavy atom. The first-order valence-electron chi connectivity index (χ1n) is 86.7. The number of methoxy groups -OCH3 is 12. The number of ether oxygens (including phenoxy) is 12. The highest BCUT2D eigenvalue weighted by atomic mass is 16.5. The smallest absolute Gasteiger partial charge is 0.161 e. The summed E-state index contributed by atoms with van der Waals surface area (Å²) < 4.78 is 801. The lowest BCUT2D eigenvalue weighted by molar-refractivity contribution is -0.0192. The quantitative estimate of drug-likeness (QED) is 0.0329. The minimum absolute atomic E-state index is 0.0452. The van der Waals surface area contributed by atoms with Crippen LogP contribution in [0.15, 0.2) is 72.5 Å². The van der Waals surface area contributed by atoms with Crippen molar-refractivity contribution in [2.45, 2.75) is 271 Å². The number of fused-ring (bicyclic) bond motifs is 18. The number of piperidine rings is 6. The molecule has 138 heavy (non-hydrogen) atoms. The Labute approximate surface area is 949 Å². The van der Waals surface area contributed by atoms with Crippen molar-refractivity contribution < 1.29 is 207 Å². The zero-order valence-corrected chi connectivity index (χ0v) is 79.0. The summed E-state index contributed by atoms with van der Waals surface area (Å²) in [6, 6.07) is -30.3. The molecule has 24 heteroatoms. The van der Waals surface area contributed by atoms with Crippen LogP contribution < -0.4 is 56.8 Å². The number of hydrogen-bond donors (Lipinski definition) is 6. The molecular weight excluding hydrogens is 1740 g/mol. The highest BCUT2D eigenvalue weighted by Crippen LogP contribution is 2.52. The second-order valence-corrected chi connectivity index (χ2v) is 33.3. The molecule has 0 saturated carbocycles. The Morgan fingerprint density at radius 1 is 0.304 bits per heavy atom. The van der Waals surface area contributed by atoms with E-state index < -0.39 is 567 Å². The number of aliphatic hydroxyl groups is 6. The third-order valence-corrected chi connectivity index (χ3v) is 21.4. The molecule has 24 nitrogen and oxygen atoms in total. The van der Waals surface area contributed by atoms with Crippen molar-refractivity contribution in [2.24, 2.45) is 70.9 Å². The molecule has 6 aromatic carbocycles. The SMILES string of the molecule is [2H]c1c(OC([2H])([2H])[2H])c(OC)c([2H])c2c1C1([2H])CC(O)C(C([2H])([2H])C([2H])(C)C([2H])([2H])[2H])C([2H])([2H])N1C([2H])([2H])C2([2H])[2H].[2H]c1c(OC([2H])([2H])[2H])c(OC)c([2H])c2c1C1([2H])CC(O)C(CC(C)C)C([2H])([2H])N1C([2H])([2H])C2([2H])[2H].[2H]c1c(OC)c(OC([2H])([2H])[2H])c([2H])c2c1C([2H])([2H])C([2H])([2H])N1C([2H])([2H])C([2H])(CC(C)C)C([2H])(O)C([2H])([2H])C21[2H].[2H]c1c(OC)c(OC)c([2H])c2c1C([2H])([2H])C([2H])([2H])N1C([2H])([2H])C([2H])(CC(C)C)C([2H])(O)C([2H])([2H])C21[2H].[2H]c1c(OC)c(OC)c([2H])c2c1C([2H])([2H])C([2H])([2H])N1C([2H])([2H])C([2H])(CC(C)C)C([2H])(O)C([2H])([2H])C21[2H].[2H]c1c(OC)c(OC)c([2H])c2c1C1([2H])CC(O)C(C([2H])([2H])C([2H])(C)C([2H])([2H])[2H])C([2H])([2H])N1C([2H])([2H])C2([2H])[2H]. The average molecular weight is 2000 g/mol. The molecule has 6 aromatic rings. The van der Waals surface area contributed by atoms with E-state index in [1.165, 1.54) is 41.5 Å². The largest absolute Gasteiger partial charge is 0.493 e. The number of aliphatic hydroxyl groups excluding tert-OH is 3. The van der Waals surface area contributed by atoms with Crippen LogP contribution in [-0.4, -0.2) is 260 Å². The molecule has 6 N–H and O–H groups in total. The Kier molecular flexibility index (Phi) is 14.8. The van der Waals surface area contributed by atoms with Crippen molar-refractivity contribution in [1.82, 2.24) is 29.4 Å². The van der Waals surface area contributed by atoms with Crippen LogP contribution in [-0.2, 0) is 38.2 Å². The molecule has 768 valence electrons. The van der Waals surface area contributed by atoms with Crippen LogP contribution in [0.5, 0.6) is 69.0 Å². The van der Waals surface area contributed by atoms with Crippen molar-refractivity contribution in [3.05, 3.63) is 139 Å². The van der Waals surface area contributed by atoms with E-state index in [0.717, 1.165) is 64.0 Å². The maximum atomic E-state index is 11.3. The van der Waals surface area contributed by atoms with Gasteiger partial charge in [-0.1, -0.05) is 82.9 Å². The molecular formula is C114H174N6O18. The summed E-state index contributed by atoms with van der Waals surface area (Å²) in [5.41, 5.74) is -11.2. The molecule has 6 saturated heterocycles. The van der Waals surface area contributed by atoms with Gasteiger partial charge in [0.25, 0.3) is 0 Å². The lowest BCUT2D eigenvalue weighted by Gasteiger charge is -2.46. The van der Waals surface area contributed by atoms with Crippen LogP contribution in [0.4, 0.5) is 0 Å². The number of hydrogen-bond acceptors (Lipinski definition) is 24. The average Bonchev–Trinajstić information content (AvgIpc) is 0.635. The third kappa shape index (κ3) is 25.4. The summed E-state index contributed by atoms with van der Waals surface area (Å²) in [4.78, 5) is -0.157. The summed E-state index contributed by atoms with van der Waals surface area (Å²) in [6.07, 6.45) is -60.2. The van der Waals surface area contributed by atoms with Crippen molar-refractivity contribution in [3.63, 3.8) is 0 Å². The van der Waals surface area contributed by atoms with Crippen LogP contribution in [0.1, 0.15) is 382 Å². The third-order valence-electron chi connectivity index (χ3n) is 21.4. The Bertz CT molecular complexity index is 9270. The van der Waals surface area contributed by atoms with Gasteiger partial charge in [0.1, 0.15) is 0 Å². The van der Waals surface area contributed by atoms with E-state index in [4.69, 9.17) is 168 Å². The van der Waals surface area contributed by atoms with Gasteiger partial charge in [0.15, 0.2) is 69.0 Å². The first kappa shape index (κ1) is 41.5. The minimum atomic E-state index is -3.87. The molecule has 0 radical (unpaired) electrons. The minimum Gasteiger partial charge on any atom is -0.493 e. The Morgan fingerprint density at radius 2 is 0.507 bits per heavy atom. The summed E-state index contributed by atoms with van der Waals surface area (Å²) >= 11 is 0. The van der Waals surface area contributed by atoms with E-state index >= 15 is 0 Å². The van der Waals surface area contributed by atoms with E-state index in [2.05, 4.69) is 0 Å². The van der Waals surface area contributed by atoms with Crippen molar-refractivity contribution in [2.75, 3.05) is 163 Å². The van der Waals surface area contributed by atoms with E-state index in [1.807, 2.05) is 0 Å². The van der Waals surface area contributed by atoms with Gasteiger partial charge in [0.05, 0.1) is 163 Å². The molecule has 12 aliphatic rings. The molecule has 0 aromatic heterocycles. The highest BCUT2D eigenvalue weighted by Gasteiger charge is 2.47. The molecule has 20 atom stereocenters. The Hall–Kier alpha value is -7.56. The van der Waals surface area contributed by atoms with Gasteiger partial charge in [-0.05, 0) is 325 Å². The molecule has 18 rings (SSSR count). The maximum absolute atomic E-state index is 11.3. The summed E-state index contributed by atoms with van der Waals surface area (Å²) in [5.74, 6) is -31.7. The van der Waals surface area contributed by atoms with Gasteiger partial charge < -0.3 is 87.5 Å². The number of nitrogens with zero attached hydrogens (tertiary/aromatic N) is 6. The van der Waals surface area contributed by atoms with Crippen LogP contribution in [0.2, 0.25) is 0 Å². The molecule has 12 aliphatic heterocycles. The van der Waals surface area contributed by atoms with Crippen LogP contribution in [0, 0.1) is 70.9 Å². The lowest BCUT2D eigenvalue weighted by atomic mass is 9.79. The fourth-order valence-electron chi connectivity index (χ4n) is 15.2. The van der Waals surface area contributed by atoms with Gasteiger partial charge in [-0.3, -0.25) is 29.4 Å². The first-order chi connectivity index (χ1) is 99.6. The summed E-state index contributed by atoms with van der Waals surface area (Å²) in [7, 11) is -0.237. The first-order valence-corrected chi connectivity index (χ1v) is 43.2. The second-order valence-electron chi connectivity index (χ2n) is 33.3. The molecule has 6 fully saturated rings. The predicted molar refractivity (Wildman–Crippen MR) is 547 cm³/mol. The number of rotatable bonds is 24. The van der Waals surface area contributed by atoms with Gasteiger partial charge in [-0.2, -0.15) is 0 Å². The zero-order valence-electron chi connectivity index (χ0n) is 166. The summed E-state index contributed by atoms with van der Waals surface area (Å²) in [6.45, 7) is -34.7.